The highest BCUT2D eigenvalue weighted by atomic mass is 19.1. The highest BCUT2D eigenvalue weighted by Gasteiger charge is 2.12. The van der Waals surface area contributed by atoms with Gasteiger partial charge < -0.3 is 15.0 Å². The molecule has 0 unspecified atom stereocenters. The first-order valence-corrected chi connectivity index (χ1v) is 7.77. The third kappa shape index (κ3) is 3.01. The van der Waals surface area contributed by atoms with Crippen molar-refractivity contribution in [1.82, 2.24) is 15.3 Å². The van der Waals surface area contributed by atoms with Crippen LogP contribution in [0.3, 0.4) is 0 Å². The molecule has 4 rings (SSSR count). The molecule has 0 radical (unpaired) electrons. The number of pyridine rings is 1. The molecule has 24 heavy (non-hydrogen) atoms. The summed E-state index contributed by atoms with van der Waals surface area (Å²) in [6.45, 7) is 0.522. The summed E-state index contributed by atoms with van der Waals surface area (Å²) in [6.07, 6.45) is 8.40. The molecular formula is C19H16FN3O. The number of benzene rings is 1. The second-order valence-corrected chi connectivity index (χ2v) is 5.61. The predicted molar refractivity (Wildman–Crippen MR) is 91.1 cm³/mol. The number of hydrogen-bond acceptors (Lipinski definition) is 3. The molecule has 0 aliphatic carbocycles. The van der Waals surface area contributed by atoms with E-state index in [1.807, 2.05) is 36.5 Å². The van der Waals surface area contributed by atoms with Crippen molar-refractivity contribution >= 4 is 17.1 Å². The number of allylic oxidation sites excluding steroid dienone is 1. The number of nitrogens with one attached hydrogen (secondary N) is 2. The van der Waals surface area contributed by atoms with Crippen LogP contribution < -0.4 is 5.32 Å². The summed E-state index contributed by atoms with van der Waals surface area (Å²) >= 11 is 0. The molecular weight excluding hydrogens is 305 g/mol. The number of halogens is 1. The molecule has 2 N–H and O–H groups in total. The van der Waals surface area contributed by atoms with E-state index < -0.39 is 0 Å². The first-order chi connectivity index (χ1) is 11.8. The largest absolute Gasteiger partial charge is 0.446 e. The summed E-state index contributed by atoms with van der Waals surface area (Å²) in [6, 6.07) is 10.5. The summed E-state index contributed by atoms with van der Waals surface area (Å²) < 4.78 is 19.0. The van der Waals surface area contributed by atoms with Crippen molar-refractivity contribution in [1.29, 1.82) is 0 Å². The van der Waals surface area contributed by atoms with Crippen molar-refractivity contribution in [3.05, 3.63) is 83.5 Å². The van der Waals surface area contributed by atoms with Crippen molar-refractivity contribution in [2.45, 2.75) is 13.0 Å². The summed E-state index contributed by atoms with van der Waals surface area (Å²) in [5.74, 6) is 1.33. The molecule has 1 aliphatic rings. The molecule has 2 aromatic heterocycles. The van der Waals surface area contributed by atoms with E-state index in [0.717, 1.165) is 34.3 Å². The summed E-state index contributed by atoms with van der Waals surface area (Å²) in [4.78, 5) is 7.43. The SMILES string of the molecule is Fc1cccc(CNC2=CCC(=Cc3c[nH]c4ncccc34)O2)c1. The van der Waals surface area contributed by atoms with Crippen LogP contribution in [0, 0.1) is 5.82 Å². The summed E-state index contributed by atoms with van der Waals surface area (Å²) in [7, 11) is 0. The highest BCUT2D eigenvalue weighted by Crippen LogP contribution is 2.25. The second-order valence-electron chi connectivity index (χ2n) is 5.61. The van der Waals surface area contributed by atoms with E-state index in [1.54, 1.807) is 12.3 Å². The zero-order chi connectivity index (χ0) is 16.4. The molecule has 5 heteroatoms. The molecule has 0 saturated heterocycles. The van der Waals surface area contributed by atoms with Crippen LogP contribution in [0.1, 0.15) is 17.5 Å². The third-order valence-electron chi connectivity index (χ3n) is 3.89. The number of fused-ring (bicyclic) bond motifs is 1. The van der Waals surface area contributed by atoms with Gasteiger partial charge in [0.05, 0.1) is 0 Å². The average Bonchev–Trinajstić information content (AvgIpc) is 3.21. The maximum atomic E-state index is 13.2. The van der Waals surface area contributed by atoms with Crippen molar-refractivity contribution in [3.8, 4) is 0 Å². The molecule has 0 spiro atoms. The van der Waals surface area contributed by atoms with Crippen LogP contribution in [0.25, 0.3) is 17.1 Å². The van der Waals surface area contributed by atoms with Crippen LogP contribution in [0.2, 0.25) is 0 Å². The van der Waals surface area contributed by atoms with E-state index in [9.17, 15) is 4.39 Å². The van der Waals surface area contributed by atoms with Crippen molar-refractivity contribution < 1.29 is 9.13 Å². The Hall–Kier alpha value is -3.08. The Balaban J connectivity index is 1.42. The van der Waals surface area contributed by atoms with E-state index in [4.69, 9.17) is 4.74 Å². The maximum Gasteiger partial charge on any atom is 0.189 e. The fourth-order valence-electron chi connectivity index (χ4n) is 2.72. The number of aromatic nitrogens is 2. The van der Waals surface area contributed by atoms with Crippen LogP contribution in [-0.4, -0.2) is 9.97 Å². The minimum atomic E-state index is -0.232. The monoisotopic (exact) mass is 321 g/mol. The maximum absolute atomic E-state index is 13.2. The van der Waals surface area contributed by atoms with Gasteiger partial charge in [-0.2, -0.15) is 0 Å². The van der Waals surface area contributed by atoms with Gasteiger partial charge in [0.25, 0.3) is 0 Å². The molecule has 0 atom stereocenters. The molecule has 4 nitrogen and oxygen atoms in total. The van der Waals surface area contributed by atoms with Gasteiger partial charge in [0.15, 0.2) is 5.88 Å². The number of ether oxygens (including phenoxy) is 1. The Bertz CT molecular complexity index is 942. The predicted octanol–water partition coefficient (Wildman–Crippen LogP) is 4.09. The molecule has 0 amide bonds. The van der Waals surface area contributed by atoms with Crippen molar-refractivity contribution in [2.24, 2.45) is 0 Å². The first-order valence-electron chi connectivity index (χ1n) is 7.77. The number of rotatable bonds is 4. The Labute approximate surface area is 138 Å². The fraction of sp³-hybridized carbons (Fsp3) is 0.105. The van der Waals surface area contributed by atoms with Gasteiger partial charge in [-0.25, -0.2) is 9.37 Å². The molecule has 1 aromatic carbocycles. The van der Waals surface area contributed by atoms with Gasteiger partial charge >= 0.3 is 0 Å². The molecule has 0 fully saturated rings. The Morgan fingerprint density at radius 2 is 2.25 bits per heavy atom. The third-order valence-corrected chi connectivity index (χ3v) is 3.89. The molecule has 0 bridgehead atoms. The van der Waals surface area contributed by atoms with Crippen LogP contribution in [-0.2, 0) is 11.3 Å². The normalized spacial score (nSPS) is 15.5. The lowest BCUT2D eigenvalue weighted by Crippen LogP contribution is -2.12. The van der Waals surface area contributed by atoms with Crippen LogP contribution in [0.4, 0.5) is 4.39 Å². The lowest BCUT2D eigenvalue weighted by molar-refractivity contribution is 0.295. The Morgan fingerprint density at radius 1 is 1.29 bits per heavy atom. The average molecular weight is 321 g/mol. The lowest BCUT2D eigenvalue weighted by Gasteiger charge is -2.08. The number of aromatic amines is 1. The highest BCUT2D eigenvalue weighted by molar-refractivity contribution is 5.86. The van der Waals surface area contributed by atoms with E-state index in [2.05, 4.69) is 15.3 Å². The van der Waals surface area contributed by atoms with E-state index in [1.165, 1.54) is 12.1 Å². The summed E-state index contributed by atoms with van der Waals surface area (Å²) in [5, 5.41) is 4.25. The van der Waals surface area contributed by atoms with Crippen LogP contribution in [0.15, 0.2) is 66.5 Å². The number of H-pyrrole nitrogens is 1. The quantitative estimate of drug-likeness (QED) is 0.761. The molecule has 0 saturated carbocycles. The number of nitrogens with zero attached hydrogens (tertiary/aromatic N) is 1. The topological polar surface area (TPSA) is 49.9 Å². The minimum absolute atomic E-state index is 0.232. The zero-order valence-corrected chi connectivity index (χ0v) is 12.9. The summed E-state index contributed by atoms with van der Waals surface area (Å²) in [5.41, 5.74) is 2.78. The smallest absolute Gasteiger partial charge is 0.189 e. The first kappa shape index (κ1) is 14.5. The van der Waals surface area contributed by atoms with Gasteiger partial charge in [-0.1, -0.05) is 12.1 Å². The second kappa shape index (κ2) is 6.20. The molecule has 3 aromatic rings. The Kier molecular flexibility index (Phi) is 3.75. The van der Waals surface area contributed by atoms with E-state index in [-0.39, 0.29) is 5.82 Å². The van der Waals surface area contributed by atoms with Gasteiger partial charge in [-0.05, 0) is 42.0 Å². The molecule has 3 heterocycles. The number of hydrogen-bond donors (Lipinski definition) is 2. The van der Waals surface area contributed by atoms with Gasteiger partial charge in [0, 0.05) is 36.3 Å². The van der Waals surface area contributed by atoms with Gasteiger partial charge in [-0.15, -0.1) is 0 Å². The Morgan fingerprint density at radius 3 is 3.17 bits per heavy atom. The molecule has 1 aliphatic heterocycles. The van der Waals surface area contributed by atoms with Gasteiger partial charge in [0.1, 0.15) is 17.2 Å². The van der Waals surface area contributed by atoms with Crippen molar-refractivity contribution in [3.63, 3.8) is 0 Å². The minimum Gasteiger partial charge on any atom is -0.446 e. The van der Waals surface area contributed by atoms with Crippen LogP contribution >= 0.6 is 0 Å². The fourth-order valence-corrected chi connectivity index (χ4v) is 2.72. The van der Waals surface area contributed by atoms with Crippen LogP contribution in [0.5, 0.6) is 0 Å². The van der Waals surface area contributed by atoms with Gasteiger partial charge in [0.2, 0.25) is 0 Å². The standard InChI is InChI=1S/C19H16FN3O/c20-15-4-1-3-13(9-15)11-22-18-7-6-16(24-18)10-14-12-23-19-17(14)5-2-8-21-19/h1-5,7-10,12,22H,6,11H2,(H,21,23). The van der Waals surface area contributed by atoms with Crippen molar-refractivity contribution in [2.75, 3.05) is 0 Å². The lowest BCUT2D eigenvalue weighted by atomic mass is 10.2. The van der Waals surface area contributed by atoms with Gasteiger partial charge in [-0.3, -0.25) is 0 Å². The zero-order valence-electron chi connectivity index (χ0n) is 12.9. The molecule has 120 valence electrons. The van der Waals surface area contributed by atoms with E-state index in [0.29, 0.717) is 12.4 Å². The van der Waals surface area contributed by atoms with E-state index >= 15 is 0 Å².